The highest BCUT2D eigenvalue weighted by molar-refractivity contribution is 7.13. The van der Waals surface area contributed by atoms with Gasteiger partial charge in [0, 0.05) is 25.7 Å². The van der Waals surface area contributed by atoms with Gasteiger partial charge in [-0.05, 0) is 54.6 Å². The van der Waals surface area contributed by atoms with Crippen molar-refractivity contribution in [2.24, 2.45) is 7.05 Å². The summed E-state index contributed by atoms with van der Waals surface area (Å²) in [5, 5.41) is 14.8. The number of likely N-dealkylation sites (tertiary alicyclic amines) is 1. The predicted molar refractivity (Wildman–Crippen MR) is 114 cm³/mol. The van der Waals surface area contributed by atoms with Gasteiger partial charge in [0.15, 0.2) is 0 Å². The van der Waals surface area contributed by atoms with Crippen molar-refractivity contribution in [1.29, 1.82) is 0 Å². The number of halogens is 1. The number of piperidine rings is 1. The van der Waals surface area contributed by atoms with E-state index in [0.29, 0.717) is 36.3 Å². The second-order valence-electron chi connectivity index (χ2n) is 7.56. The molecule has 0 saturated carbocycles. The van der Waals surface area contributed by atoms with E-state index in [0.717, 1.165) is 23.3 Å². The summed E-state index contributed by atoms with van der Waals surface area (Å²) in [6, 6.07) is 11.7. The van der Waals surface area contributed by atoms with Gasteiger partial charge in [0.1, 0.15) is 11.5 Å². The third-order valence-electron chi connectivity index (χ3n) is 5.47. The Balaban J connectivity index is 1.33. The second-order valence-corrected chi connectivity index (χ2v) is 8.51. The molecule has 0 N–H and O–H groups in total. The molecule has 9 heteroatoms. The molecule has 3 aromatic heterocycles. The largest absolute Gasteiger partial charge is 0.420 e. The van der Waals surface area contributed by atoms with Gasteiger partial charge in [-0.3, -0.25) is 9.48 Å². The summed E-state index contributed by atoms with van der Waals surface area (Å²) < 4.78 is 20.7. The lowest BCUT2D eigenvalue weighted by atomic mass is 9.97. The van der Waals surface area contributed by atoms with Crippen LogP contribution in [-0.4, -0.2) is 43.9 Å². The number of hydrogen-bond donors (Lipinski definition) is 0. The van der Waals surface area contributed by atoms with Crippen LogP contribution >= 0.6 is 11.3 Å². The van der Waals surface area contributed by atoms with Gasteiger partial charge in [-0.1, -0.05) is 6.07 Å². The van der Waals surface area contributed by atoms with Gasteiger partial charge in [-0.2, -0.15) is 5.10 Å². The topological polar surface area (TPSA) is 77.1 Å². The first-order valence-corrected chi connectivity index (χ1v) is 10.9. The molecule has 1 aliphatic rings. The van der Waals surface area contributed by atoms with Crippen LogP contribution in [0.4, 0.5) is 4.39 Å². The number of thiophene rings is 1. The normalized spacial score (nSPS) is 16.6. The summed E-state index contributed by atoms with van der Waals surface area (Å²) in [5.41, 5.74) is 1.89. The summed E-state index contributed by atoms with van der Waals surface area (Å²) in [7, 11) is 1.74. The van der Waals surface area contributed by atoms with Gasteiger partial charge < -0.3 is 9.32 Å². The Labute approximate surface area is 182 Å². The van der Waals surface area contributed by atoms with E-state index in [1.165, 1.54) is 12.1 Å². The first-order valence-electron chi connectivity index (χ1n) is 10.0. The number of rotatable bonds is 4. The summed E-state index contributed by atoms with van der Waals surface area (Å²) in [4.78, 5) is 16.0. The second kappa shape index (κ2) is 8.07. The zero-order valence-electron chi connectivity index (χ0n) is 16.9. The van der Waals surface area contributed by atoms with Crippen LogP contribution < -0.4 is 0 Å². The van der Waals surface area contributed by atoms with E-state index in [1.807, 2.05) is 22.4 Å². The first-order chi connectivity index (χ1) is 15.1. The Kier molecular flexibility index (Phi) is 5.11. The molecule has 1 saturated heterocycles. The molecular formula is C22H20FN5O2S. The molecule has 0 aliphatic carbocycles. The summed E-state index contributed by atoms with van der Waals surface area (Å²) in [6.45, 7) is 1.18. The molecule has 1 amide bonds. The van der Waals surface area contributed by atoms with Crippen molar-refractivity contribution in [2.75, 3.05) is 13.1 Å². The predicted octanol–water partition coefficient (Wildman–Crippen LogP) is 4.36. The molecule has 1 atom stereocenters. The van der Waals surface area contributed by atoms with Crippen molar-refractivity contribution in [2.45, 2.75) is 18.8 Å². The molecule has 31 heavy (non-hydrogen) atoms. The van der Waals surface area contributed by atoms with Crippen molar-refractivity contribution in [3.05, 3.63) is 65.2 Å². The first kappa shape index (κ1) is 19.6. The number of amides is 1. The van der Waals surface area contributed by atoms with Crippen LogP contribution in [0.2, 0.25) is 0 Å². The SMILES string of the molecule is Cn1nc(-c2ccc(F)cc2)cc1C(=O)N1CCCC(c2nnc(-c3cccs3)o2)C1. The summed E-state index contributed by atoms with van der Waals surface area (Å²) in [6.07, 6.45) is 1.75. The van der Waals surface area contributed by atoms with Crippen molar-refractivity contribution in [3.63, 3.8) is 0 Å². The average molecular weight is 438 g/mol. The van der Waals surface area contributed by atoms with Crippen LogP contribution in [0.5, 0.6) is 0 Å². The molecule has 1 fully saturated rings. The number of carbonyl (C=O) groups excluding carboxylic acids is 1. The fourth-order valence-electron chi connectivity index (χ4n) is 3.85. The smallest absolute Gasteiger partial charge is 0.272 e. The zero-order valence-corrected chi connectivity index (χ0v) is 17.7. The Morgan fingerprint density at radius 2 is 2.06 bits per heavy atom. The fraction of sp³-hybridized carbons (Fsp3) is 0.273. The number of aromatic nitrogens is 4. The minimum Gasteiger partial charge on any atom is -0.420 e. The third-order valence-corrected chi connectivity index (χ3v) is 6.33. The highest BCUT2D eigenvalue weighted by atomic mass is 32.1. The lowest BCUT2D eigenvalue weighted by Gasteiger charge is -2.31. The van der Waals surface area contributed by atoms with E-state index in [-0.39, 0.29) is 17.6 Å². The lowest BCUT2D eigenvalue weighted by molar-refractivity contribution is 0.0687. The average Bonchev–Trinajstić information content (AvgIpc) is 3.54. The Bertz CT molecular complexity index is 1200. The third kappa shape index (κ3) is 3.88. The Morgan fingerprint density at radius 1 is 1.23 bits per heavy atom. The van der Waals surface area contributed by atoms with Crippen LogP contribution in [0.1, 0.15) is 35.1 Å². The van der Waals surface area contributed by atoms with Gasteiger partial charge in [-0.25, -0.2) is 4.39 Å². The molecular weight excluding hydrogens is 417 g/mol. The number of aryl methyl sites for hydroxylation is 1. The van der Waals surface area contributed by atoms with Gasteiger partial charge in [-0.15, -0.1) is 21.5 Å². The van der Waals surface area contributed by atoms with Crippen molar-refractivity contribution < 1.29 is 13.6 Å². The highest BCUT2D eigenvalue weighted by Crippen LogP contribution is 2.31. The van der Waals surface area contributed by atoms with Gasteiger partial charge in [0.05, 0.1) is 16.5 Å². The molecule has 7 nitrogen and oxygen atoms in total. The van der Waals surface area contributed by atoms with Crippen LogP contribution in [0.3, 0.4) is 0 Å². The van der Waals surface area contributed by atoms with E-state index < -0.39 is 0 Å². The van der Waals surface area contributed by atoms with Crippen molar-refractivity contribution >= 4 is 17.2 Å². The maximum Gasteiger partial charge on any atom is 0.272 e. The van der Waals surface area contributed by atoms with E-state index in [1.54, 1.807) is 41.3 Å². The van der Waals surface area contributed by atoms with Gasteiger partial charge in [0.25, 0.3) is 11.8 Å². The van der Waals surface area contributed by atoms with E-state index in [9.17, 15) is 9.18 Å². The van der Waals surface area contributed by atoms with Crippen molar-refractivity contribution in [3.8, 4) is 22.0 Å². The standard InChI is InChI=1S/C22H20FN5O2S/c1-27-18(12-17(26-27)14-6-8-16(23)9-7-14)22(29)28-10-2-4-15(13-28)20-24-25-21(30-20)19-5-3-11-31-19/h3,5-9,11-12,15H,2,4,10,13H2,1H3. The Hall–Kier alpha value is -3.33. The number of benzene rings is 1. The molecule has 4 aromatic rings. The number of hydrogen-bond acceptors (Lipinski definition) is 6. The molecule has 0 bridgehead atoms. The van der Waals surface area contributed by atoms with Crippen LogP contribution in [-0.2, 0) is 7.05 Å². The maximum atomic E-state index is 13.2. The van der Waals surface area contributed by atoms with E-state index in [2.05, 4.69) is 15.3 Å². The van der Waals surface area contributed by atoms with E-state index >= 15 is 0 Å². The summed E-state index contributed by atoms with van der Waals surface area (Å²) >= 11 is 1.55. The molecule has 1 aliphatic heterocycles. The number of nitrogens with zero attached hydrogens (tertiary/aromatic N) is 5. The maximum absolute atomic E-state index is 13.2. The highest BCUT2D eigenvalue weighted by Gasteiger charge is 2.30. The molecule has 158 valence electrons. The van der Waals surface area contributed by atoms with Crippen LogP contribution in [0, 0.1) is 5.82 Å². The van der Waals surface area contributed by atoms with E-state index in [4.69, 9.17) is 4.42 Å². The zero-order chi connectivity index (χ0) is 21.4. The Morgan fingerprint density at radius 3 is 2.84 bits per heavy atom. The minimum atomic E-state index is -0.307. The van der Waals surface area contributed by atoms with Crippen molar-refractivity contribution in [1.82, 2.24) is 24.9 Å². The quantitative estimate of drug-likeness (QED) is 0.474. The lowest BCUT2D eigenvalue weighted by Crippen LogP contribution is -2.40. The number of carbonyl (C=O) groups is 1. The molecule has 0 spiro atoms. The molecule has 1 aromatic carbocycles. The van der Waals surface area contributed by atoms with Gasteiger partial charge >= 0.3 is 0 Å². The fourth-order valence-corrected chi connectivity index (χ4v) is 4.50. The van der Waals surface area contributed by atoms with Crippen LogP contribution in [0.25, 0.3) is 22.0 Å². The molecule has 5 rings (SSSR count). The molecule has 0 radical (unpaired) electrons. The molecule has 4 heterocycles. The minimum absolute atomic E-state index is 0.00343. The molecule has 1 unspecified atom stereocenters. The summed E-state index contributed by atoms with van der Waals surface area (Å²) in [5.74, 6) is 0.690. The van der Waals surface area contributed by atoms with Crippen LogP contribution in [0.15, 0.2) is 52.3 Å². The van der Waals surface area contributed by atoms with Gasteiger partial charge in [0.2, 0.25) is 5.89 Å². The monoisotopic (exact) mass is 437 g/mol.